The molecule has 0 fully saturated rings. The topological polar surface area (TPSA) is 141 Å². The van der Waals surface area contributed by atoms with Gasteiger partial charge in [-0.05, 0) is 25.5 Å². The number of aliphatic hydroxyl groups excluding tert-OH is 1. The predicted molar refractivity (Wildman–Crippen MR) is 94.0 cm³/mol. The van der Waals surface area contributed by atoms with Gasteiger partial charge in [-0.1, -0.05) is 0 Å². The van der Waals surface area contributed by atoms with Crippen molar-refractivity contribution in [3.63, 3.8) is 0 Å². The summed E-state index contributed by atoms with van der Waals surface area (Å²) in [6.45, 7) is 1.40. The fourth-order valence-corrected chi connectivity index (χ4v) is 3.82. The molecule has 0 spiro atoms. The number of fused-ring (bicyclic) bond motifs is 3. The van der Waals surface area contributed by atoms with Crippen LogP contribution in [0.1, 0.15) is 63.1 Å². The Labute approximate surface area is 158 Å². The van der Waals surface area contributed by atoms with Gasteiger partial charge in [0.15, 0.2) is 5.78 Å². The molecule has 1 heterocycles. The lowest BCUT2D eigenvalue weighted by atomic mass is 9.80. The Balaban J connectivity index is 1.90. The van der Waals surface area contributed by atoms with Crippen LogP contribution in [-0.2, 0) is 4.79 Å². The van der Waals surface area contributed by atoms with E-state index in [9.17, 15) is 34.8 Å². The molecule has 0 unspecified atom stereocenters. The fourth-order valence-electron chi connectivity index (χ4n) is 3.82. The number of Topliss-reactive ketones (excluding diaryl/α,β-unsaturated/α-hetero) is 1. The van der Waals surface area contributed by atoms with E-state index in [1.807, 2.05) is 0 Å². The first-order valence-electron chi connectivity index (χ1n) is 8.60. The van der Waals surface area contributed by atoms with Gasteiger partial charge in [0.1, 0.15) is 28.8 Å². The van der Waals surface area contributed by atoms with E-state index in [1.54, 1.807) is 0 Å². The molecule has 2 aromatic rings. The van der Waals surface area contributed by atoms with E-state index < -0.39 is 35.3 Å². The smallest absolute Gasteiger partial charge is 0.204 e. The number of phenols is 3. The zero-order valence-corrected chi connectivity index (χ0v) is 14.7. The van der Waals surface area contributed by atoms with Crippen molar-refractivity contribution >= 4 is 17.3 Å². The molecule has 0 aromatic heterocycles. The van der Waals surface area contributed by atoms with Gasteiger partial charge in [0.25, 0.3) is 0 Å². The molecule has 0 bridgehead atoms. The molecule has 0 saturated heterocycles. The first kappa shape index (κ1) is 18.0. The summed E-state index contributed by atoms with van der Waals surface area (Å²) in [4.78, 5) is 37.1. The molecule has 144 valence electrons. The minimum atomic E-state index is -1.34. The van der Waals surface area contributed by atoms with E-state index in [-0.39, 0.29) is 57.9 Å². The minimum absolute atomic E-state index is 0.0475. The second kappa shape index (κ2) is 6.07. The number of hydrogen-bond acceptors (Lipinski definition) is 8. The number of hydrogen-bond donors (Lipinski definition) is 4. The van der Waals surface area contributed by atoms with Crippen molar-refractivity contribution in [1.82, 2.24) is 0 Å². The molecule has 4 rings (SSSR count). The zero-order chi connectivity index (χ0) is 20.3. The van der Waals surface area contributed by atoms with Crippen molar-refractivity contribution in [1.29, 1.82) is 0 Å². The average molecular weight is 384 g/mol. The summed E-state index contributed by atoms with van der Waals surface area (Å²) in [5, 5.41) is 40.7. The maximum atomic E-state index is 12.9. The lowest BCUT2D eigenvalue weighted by Crippen LogP contribution is -2.22. The predicted octanol–water partition coefficient (Wildman–Crippen LogP) is 1.74. The Morgan fingerprint density at radius 3 is 2.39 bits per heavy atom. The van der Waals surface area contributed by atoms with Crippen LogP contribution in [0.15, 0.2) is 18.2 Å². The highest BCUT2D eigenvalue weighted by Gasteiger charge is 2.42. The van der Waals surface area contributed by atoms with Crippen LogP contribution in [-0.4, -0.2) is 44.1 Å². The van der Waals surface area contributed by atoms with E-state index in [0.29, 0.717) is 0 Å². The number of carbonyl (C=O) groups excluding carboxylic acids is 3. The van der Waals surface area contributed by atoms with Crippen LogP contribution in [0, 0.1) is 0 Å². The maximum absolute atomic E-state index is 12.9. The van der Waals surface area contributed by atoms with E-state index in [0.717, 1.165) is 12.1 Å². The van der Waals surface area contributed by atoms with Gasteiger partial charge in [0.2, 0.25) is 12.1 Å². The van der Waals surface area contributed by atoms with Crippen LogP contribution in [0.2, 0.25) is 0 Å². The Bertz CT molecular complexity index is 1070. The SMILES string of the molecule is CC(=O)CC[C@H]1c2c(cc3c(c2O)C(=O)c2c(O)cc(O)cc2C3=O)O[C@@H]1O. The maximum Gasteiger partial charge on any atom is 0.204 e. The summed E-state index contributed by atoms with van der Waals surface area (Å²) in [5.74, 6) is -3.76. The van der Waals surface area contributed by atoms with Crippen molar-refractivity contribution < 1.29 is 39.5 Å². The molecule has 8 heteroatoms. The minimum Gasteiger partial charge on any atom is -0.508 e. The molecule has 2 atom stereocenters. The highest BCUT2D eigenvalue weighted by molar-refractivity contribution is 6.30. The number of aromatic hydroxyl groups is 3. The van der Waals surface area contributed by atoms with E-state index in [2.05, 4.69) is 0 Å². The van der Waals surface area contributed by atoms with Crippen LogP contribution < -0.4 is 4.74 Å². The van der Waals surface area contributed by atoms with Gasteiger partial charge < -0.3 is 30.0 Å². The van der Waals surface area contributed by atoms with Crippen LogP contribution >= 0.6 is 0 Å². The van der Waals surface area contributed by atoms with E-state index in [4.69, 9.17) is 4.74 Å². The van der Waals surface area contributed by atoms with E-state index >= 15 is 0 Å². The number of benzene rings is 2. The molecule has 1 aliphatic heterocycles. The molecule has 28 heavy (non-hydrogen) atoms. The third-order valence-corrected chi connectivity index (χ3v) is 5.12. The Morgan fingerprint density at radius 2 is 1.71 bits per heavy atom. The summed E-state index contributed by atoms with van der Waals surface area (Å²) in [7, 11) is 0. The number of rotatable bonds is 3. The summed E-state index contributed by atoms with van der Waals surface area (Å²) in [6.07, 6.45) is -1.01. The third kappa shape index (κ3) is 2.45. The standard InChI is InChI=1S/C20H16O8/c1-7(21)2-3-9-15-13(28-20(9)27)6-11-16(19(15)26)18(25)14-10(17(11)24)4-8(22)5-12(14)23/h4-6,9,20,22-23,26-27H,2-3H2,1H3/t9-,20-/m0/s1. The van der Waals surface area contributed by atoms with Crippen LogP contribution in [0.3, 0.4) is 0 Å². The Hall–Kier alpha value is -3.39. The fraction of sp³-hybridized carbons (Fsp3) is 0.250. The van der Waals surface area contributed by atoms with Gasteiger partial charge in [0.05, 0.1) is 17.0 Å². The average Bonchev–Trinajstić information content (AvgIpc) is 2.92. The van der Waals surface area contributed by atoms with Gasteiger partial charge >= 0.3 is 0 Å². The third-order valence-electron chi connectivity index (χ3n) is 5.12. The largest absolute Gasteiger partial charge is 0.508 e. The Kier molecular flexibility index (Phi) is 3.90. The number of aliphatic hydroxyl groups is 1. The van der Waals surface area contributed by atoms with Gasteiger partial charge in [-0.25, -0.2) is 0 Å². The monoisotopic (exact) mass is 384 g/mol. The summed E-state index contributed by atoms with van der Waals surface area (Å²) < 4.78 is 5.34. The molecule has 8 nitrogen and oxygen atoms in total. The van der Waals surface area contributed by atoms with Crippen molar-refractivity contribution in [2.45, 2.75) is 32.0 Å². The molecule has 2 aliphatic rings. The quantitative estimate of drug-likeness (QED) is 0.535. The summed E-state index contributed by atoms with van der Waals surface area (Å²) in [6, 6.07) is 3.25. The van der Waals surface area contributed by atoms with Crippen molar-refractivity contribution in [3.05, 3.63) is 46.0 Å². The highest BCUT2D eigenvalue weighted by Crippen LogP contribution is 2.50. The van der Waals surface area contributed by atoms with Gasteiger partial charge in [0, 0.05) is 29.2 Å². The molecule has 1 aliphatic carbocycles. The highest BCUT2D eigenvalue weighted by atomic mass is 16.6. The normalized spacial score (nSPS) is 19.6. The summed E-state index contributed by atoms with van der Waals surface area (Å²) in [5.41, 5.74) is -0.817. The first-order valence-corrected chi connectivity index (χ1v) is 8.60. The molecular weight excluding hydrogens is 368 g/mol. The second-order valence-corrected chi connectivity index (χ2v) is 6.96. The second-order valence-electron chi connectivity index (χ2n) is 6.96. The summed E-state index contributed by atoms with van der Waals surface area (Å²) >= 11 is 0. The van der Waals surface area contributed by atoms with Crippen molar-refractivity contribution in [2.75, 3.05) is 0 Å². The Morgan fingerprint density at radius 1 is 1.04 bits per heavy atom. The molecule has 0 radical (unpaired) electrons. The van der Waals surface area contributed by atoms with Crippen LogP contribution in [0.5, 0.6) is 23.0 Å². The first-order chi connectivity index (χ1) is 13.2. The van der Waals surface area contributed by atoms with Crippen LogP contribution in [0.4, 0.5) is 0 Å². The molecular formula is C20H16O8. The lowest BCUT2D eigenvalue weighted by molar-refractivity contribution is -0.117. The van der Waals surface area contributed by atoms with Crippen molar-refractivity contribution in [3.8, 4) is 23.0 Å². The van der Waals surface area contributed by atoms with E-state index in [1.165, 1.54) is 13.0 Å². The van der Waals surface area contributed by atoms with Gasteiger partial charge in [-0.3, -0.25) is 9.59 Å². The van der Waals surface area contributed by atoms with Gasteiger partial charge in [-0.15, -0.1) is 0 Å². The number of ketones is 3. The molecule has 2 aromatic carbocycles. The lowest BCUT2D eigenvalue weighted by Gasteiger charge is -2.21. The molecule has 4 N–H and O–H groups in total. The van der Waals surface area contributed by atoms with Crippen LogP contribution in [0.25, 0.3) is 0 Å². The number of ether oxygens (including phenoxy) is 1. The van der Waals surface area contributed by atoms with Crippen molar-refractivity contribution in [2.24, 2.45) is 0 Å². The number of carbonyl (C=O) groups is 3. The zero-order valence-electron chi connectivity index (χ0n) is 14.7. The molecule has 0 amide bonds. The molecule has 0 saturated carbocycles. The van der Waals surface area contributed by atoms with Gasteiger partial charge in [-0.2, -0.15) is 0 Å². The number of phenolic OH excluding ortho intramolecular Hbond substituents is 3.